The highest BCUT2D eigenvalue weighted by atomic mass is 79.9. The lowest BCUT2D eigenvalue weighted by Gasteiger charge is -2.22. The van der Waals surface area contributed by atoms with E-state index in [1.807, 2.05) is 18.2 Å². The maximum atomic E-state index is 10.1. The molecular weight excluding hydrogens is 256 g/mol. The maximum Gasteiger partial charge on any atom is 0.127 e. The summed E-state index contributed by atoms with van der Waals surface area (Å²) in [5, 5.41) is 13.3. The zero-order valence-corrected chi connectivity index (χ0v) is 10.1. The molecule has 2 N–H and O–H groups in total. The van der Waals surface area contributed by atoms with E-state index < -0.39 is 5.60 Å². The topological polar surface area (TPSA) is 45.1 Å². The number of pyridine rings is 1. The molecule has 0 unspecified atom stereocenters. The summed E-state index contributed by atoms with van der Waals surface area (Å²) in [5.41, 5.74) is -0.524. The molecule has 1 aromatic rings. The molecule has 1 heterocycles. The van der Waals surface area contributed by atoms with E-state index in [2.05, 4.69) is 26.2 Å². The predicted octanol–water partition coefficient (Wildman–Crippen LogP) is 2.56. The molecule has 4 heteroatoms. The van der Waals surface area contributed by atoms with Gasteiger partial charge >= 0.3 is 0 Å². The van der Waals surface area contributed by atoms with Crippen LogP contribution in [-0.2, 0) is 0 Å². The van der Waals surface area contributed by atoms with Crippen molar-refractivity contribution in [3.8, 4) is 0 Å². The van der Waals surface area contributed by atoms with Gasteiger partial charge in [0.1, 0.15) is 10.4 Å². The molecular formula is C11H15BrN2O. The molecule has 1 saturated carbocycles. The Hall–Kier alpha value is -0.610. The van der Waals surface area contributed by atoms with Gasteiger partial charge in [0.05, 0.1) is 5.60 Å². The number of aromatic nitrogens is 1. The Bertz CT molecular complexity index is 337. The van der Waals surface area contributed by atoms with Crippen LogP contribution < -0.4 is 5.32 Å². The van der Waals surface area contributed by atoms with Crippen molar-refractivity contribution in [3.63, 3.8) is 0 Å². The van der Waals surface area contributed by atoms with Crippen molar-refractivity contribution in [2.75, 3.05) is 11.9 Å². The normalized spacial score (nSPS) is 19.1. The van der Waals surface area contributed by atoms with E-state index in [0.717, 1.165) is 36.1 Å². The van der Waals surface area contributed by atoms with Crippen molar-refractivity contribution in [2.24, 2.45) is 0 Å². The molecule has 0 radical (unpaired) electrons. The van der Waals surface area contributed by atoms with Gasteiger partial charge in [-0.05, 0) is 40.9 Å². The van der Waals surface area contributed by atoms with Crippen LogP contribution in [0.3, 0.4) is 0 Å². The third-order valence-corrected chi connectivity index (χ3v) is 3.29. The standard InChI is InChI=1S/C11H15BrN2O/c12-9-4-3-5-10(14-9)13-8-11(15)6-1-2-7-11/h3-5,15H,1-2,6-8H2,(H,13,14). The average molecular weight is 271 g/mol. The summed E-state index contributed by atoms with van der Waals surface area (Å²) in [5.74, 6) is 0.810. The fraction of sp³-hybridized carbons (Fsp3) is 0.545. The molecule has 0 aromatic carbocycles. The summed E-state index contributed by atoms with van der Waals surface area (Å²) in [7, 11) is 0. The van der Waals surface area contributed by atoms with E-state index in [1.54, 1.807) is 0 Å². The van der Waals surface area contributed by atoms with E-state index in [9.17, 15) is 5.11 Å². The Labute approximate surface area is 98.0 Å². The van der Waals surface area contributed by atoms with Gasteiger partial charge in [0, 0.05) is 6.54 Å². The van der Waals surface area contributed by atoms with E-state index in [-0.39, 0.29) is 0 Å². The lowest BCUT2D eigenvalue weighted by Crippen LogP contribution is -2.33. The van der Waals surface area contributed by atoms with Crippen molar-refractivity contribution in [1.29, 1.82) is 0 Å². The van der Waals surface area contributed by atoms with Crippen molar-refractivity contribution in [1.82, 2.24) is 4.98 Å². The molecule has 0 spiro atoms. The van der Waals surface area contributed by atoms with Crippen LogP contribution in [0.25, 0.3) is 0 Å². The first-order valence-electron chi connectivity index (χ1n) is 5.27. The van der Waals surface area contributed by atoms with Gasteiger partial charge in [0.25, 0.3) is 0 Å². The first-order valence-corrected chi connectivity index (χ1v) is 6.06. The zero-order chi connectivity index (χ0) is 10.7. The first-order chi connectivity index (χ1) is 7.18. The summed E-state index contributed by atoms with van der Waals surface area (Å²) in [6, 6.07) is 5.72. The Morgan fingerprint density at radius 3 is 2.80 bits per heavy atom. The summed E-state index contributed by atoms with van der Waals surface area (Å²) >= 11 is 3.32. The van der Waals surface area contributed by atoms with Gasteiger partial charge in [-0.3, -0.25) is 0 Å². The minimum absolute atomic E-state index is 0.524. The molecule has 1 aliphatic rings. The Balaban J connectivity index is 1.92. The number of rotatable bonds is 3. The molecule has 82 valence electrons. The molecule has 0 bridgehead atoms. The molecule has 2 rings (SSSR count). The van der Waals surface area contributed by atoms with Crippen molar-refractivity contribution in [3.05, 3.63) is 22.8 Å². The van der Waals surface area contributed by atoms with Gasteiger partial charge in [-0.1, -0.05) is 18.9 Å². The monoisotopic (exact) mass is 270 g/mol. The van der Waals surface area contributed by atoms with Gasteiger partial charge in [0.15, 0.2) is 0 Å². The Kier molecular flexibility index (Phi) is 3.26. The third kappa shape index (κ3) is 2.92. The van der Waals surface area contributed by atoms with E-state index in [1.165, 1.54) is 0 Å². The van der Waals surface area contributed by atoms with E-state index in [0.29, 0.717) is 6.54 Å². The molecule has 15 heavy (non-hydrogen) atoms. The van der Waals surface area contributed by atoms with Crippen molar-refractivity contribution < 1.29 is 5.11 Å². The largest absolute Gasteiger partial charge is 0.388 e. The van der Waals surface area contributed by atoms with Crippen LogP contribution in [0, 0.1) is 0 Å². The van der Waals surface area contributed by atoms with Crippen LogP contribution in [0.5, 0.6) is 0 Å². The van der Waals surface area contributed by atoms with Crippen LogP contribution in [0.15, 0.2) is 22.8 Å². The molecule has 1 fully saturated rings. The molecule has 0 atom stereocenters. The fourth-order valence-corrected chi connectivity index (χ4v) is 2.32. The van der Waals surface area contributed by atoms with Crippen LogP contribution in [-0.4, -0.2) is 22.2 Å². The number of hydrogen-bond acceptors (Lipinski definition) is 3. The fourth-order valence-electron chi connectivity index (χ4n) is 1.97. The number of halogens is 1. The SMILES string of the molecule is OC1(CNc2cccc(Br)n2)CCCC1. The molecule has 3 nitrogen and oxygen atoms in total. The smallest absolute Gasteiger partial charge is 0.127 e. The highest BCUT2D eigenvalue weighted by Crippen LogP contribution is 2.29. The summed E-state index contributed by atoms with van der Waals surface area (Å²) in [4.78, 5) is 4.26. The van der Waals surface area contributed by atoms with Gasteiger partial charge in [-0.25, -0.2) is 4.98 Å². The predicted molar refractivity (Wildman–Crippen MR) is 63.8 cm³/mol. The van der Waals surface area contributed by atoms with E-state index >= 15 is 0 Å². The second-order valence-electron chi connectivity index (χ2n) is 4.13. The molecule has 0 saturated heterocycles. The van der Waals surface area contributed by atoms with E-state index in [4.69, 9.17) is 0 Å². The van der Waals surface area contributed by atoms with Crippen LogP contribution >= 0.6 is 15.9 Å². The number of hydrogen-bond donors (Lipinski definition) is 2. The Morgan fingerprint density at radius 2 is 2.13 bits per heavy atom. The van der Waals surface area contributed by atoms with Crippen LogP contribution in [0.1, 0.15) is 25.7 Å². The number of aliphatic hydroxyl groups is 1. The number of anilines is 1. The third-order valence-electron chi connectivity index (χ3n) is 2.85. The lowest BCUT2D eigenvalue weighted by molar-refractivity contribution is 0.0614. The van der Waals surface area contributed by atoms with Gasteiger partial charge in [-0.2, -0.15) is 0 Å². The zero-order valence-electron chi connectivity index (χ0n) is 8.54. The van der Waals surface area contributed by atoms with Crippen LogP contribution in [0.2, 0.25) is 0 Å². The minimum atomic E-state index is -0.524. The van der Waals surface area contributed by atoms with Gasteiger partial charge in [-0.15, -0.1) is 0 Å². The minimum Gasteiger partial charge on any atom is -0.388 e. The summed E-state index contributed by atoms with van der Waals surface area (Å²) < 4.78 is 0.811. The van der Waals surface area contributed by atoms with Gasteiger partial charge in [0.2, 0.25) is 0 Å². The highest BCUT2D eigenvalue weighted by Gasteiger charge is 2.30. The first kappa shape index (κ1) is 10.9. The van der Waals surface area contributed by atoms with Crippen LogP contribution in [0.4, 0.5) is 5.82 Å². The quantitative estimate of drug-likeness (QED) is 0.830. The lowest BCUT2D eigenvalue weighted by atomic mass is 10.0. The average Bonchev–Trinajstić information content (AvgIpc) is 2.63. The number of nitrogens with zero attached hydrogens (tertiary/aromatic N) is 1. The molecule has 0 amide bonds. The van der Waals surface area contributed by atoms with Gasteiger partial charge < -0.3 is 10.4 Å². The molecule has 0 aliphatic heterocycles. The highest BCUT2D eigenvalue weighted by molar-refractivity contribution is 9.10. The second-order valence-corrected chi connectivity index (χ2v) is 4.94. The Morgan fingerprint density at radius 1 is 1.40 bits per heavy atom. The van der Waals surface area contributed by atoms with Crippen molar-refractivity contribution >= 4 is 21.7 Å². The molecule has 1 aromatic heterocycles. The summed E-state index contributed by atoms with van der Waals surface area (Å²) in [6.45, 7) is 0.594. The maximum absolute atomic E-state index is 10.1. The van der Waals surface area contributed by atoms with Crippen molar-refractivity contribution in [2.45, 2.75) is 31.3 Å². The number of nitrogens with one attached hydrogen (secondary N) is 1. The second kappa shape index (κ2) is 4.49. The molecule has 1 aliphatic carbocycles. The summed E-state index contributed by atoms with van der Waals surface area (Å²) in [6.07, 6.45) is 4.05.